The topological polar surface area (TPSA) is 44.4 Å². The molecule has 1 aliphatic heterocycles. The molecular formula is C11H20F3N3O. The van der Waals surface area contributed by atoms with Gasteiger partial charge in [0.15, 0.2) is 0 Å². The zero-order valence-electron chi connectivity index (χ0n) is 10.5. The minimum Gasteiger partial charge on any atom is -0.338 e. The third kappa shape index (κ3) is 6.68. The van der Waals surface area contributed by atoms with Gasteiger partial charge in [0.2, 0.25) is 0 Å². The summed E-state index contributed by atoms with van der Waals surface area (Å²) in [6, 6.07) is -0.763. The van der Waals surface area contributed by atoms with Gasteiger partial charge in [0.05, 0.1) is 0 Å². The van der Waals surface area contributed by atoms with Crippen LogP contribution in [-0.2, 0) is 0 Å². The summed E-state index contributed by atoms with van der Waals surface area (Å²) >= 11 is 0. The molecule has 0 radical (unpaired) electrons. The summed E-state index contributed by atoms with van der Waals surface area (Å²) in [5.74, 6) is 0.236. The van der Waals surface area contributed by atoms with E-state index in [0.717, 1.165) is 19.6 Å². The van der Waals surface area contributed by atoms with Gasteiger partial charge in [0.25, 0.3) is 0 Å². The third-order valence-corrected chi connectivity index (χ3v) is 2.83. The molecule has 0 aromatic heterocycles. The highest BCUT2D eigenvalue weighted by atomic mass is 19.4. The number of halogens is 3. The largest absolute Gasteiger partial charge is 0.405 e. The Morgan fingerprint density at radius 1 is 1.28 bits per heavy atom. The number of carbonyl (C=O) groups excluding carboxylic acids is 1. The van der Waals surface area contributed by atoms with Crippen molar-refractivity contribution in [2.45, 2.75) is 25.9 Å². The molecule has 0 aromatic carbocycles. The van der Waals surface area contributed by atoms with E-state index in [1.165, 1.54) is 12.8 Å². The molecule has 0 aromatic rings. The molecule has 0 aliphatic carbocycles. The van der Waals surface area contributed by atoms with Gasteiger partial charge in [-0.1, -0.05) is 6.92 Å². The first-order valence-corrected chi connectivity index (χ1v) is 6.17. The molecule has 7 heteroatoms. The van der Waals surface area contributed by atoms with Crippen LogP contribution in [0.4, 0.5) is 18.0 Å². The Kier molecular flexibility index (Phi) is 5.71. The van der Waals surface area contributed by atoms with E-state index in [9.17, 15) is 18.0 Å². The summed E-state index contributed by atoms with van der Waals surface area (Å²) in [7, 11) is 0. The Hall–Kier alpha value is -0.980. The number of carbonyl (C=O) groups is 1. The van der Waals surface area contributed by atoms with E-state index in [0.29, 0.717) is 6.54 Å². The van der Waals surface area contributed by atoms with Gasteiger partial charge >= 0.3 is 12.2 Å². The number of alkyl halides is 3. The summed E-state index contributed by atoms with van der Waals surface area (Å²) in [5.41, 5.74) is 0. The molecule has 0 saturated carbocycles. The highest BCUT2D eigenvalue weighted by Crippen LogP contribution is 2.12. The van der Waals surface area contributed by atoms with Crippen LogP contribution in [0.25, 0.3) is 0 Å². The SMILES string of the molecule is CC(CNC(=O)NCC(F)(F)F)CN1CCCC1. The van der Waals surface area contributed by atoms with Crippen molar-refractivity contribution in [3.8, 4) is 0 Å². The molecule has 18 heavy (non-hydrogen) atoms. The number of urea groups is 1. The number of likely N-dealkylation sites (tertiary alicyclic amines) is 1. The fourth-order valence-electron chi connectivity index (χ4n) is 1.98. The number of amides is 2. The number of hydrogen-bond donors (Lipinski definition) is 2. The molecule has 0 spiro atoms. The van der Waals surface area contributed by atoms with E-state index in [1.54, 1.807) is 5.32 Å². The van der Waals surface area contributed by atoms with E-state index in [1.807, 2.05) is 6.92 Å². The van der Waals surface area contributed by atoms with Gasteiger partial charge in [-0.3, -0.25) is 0 Å². The van der Waals surface area contributed by atoms with Gasteiger partial charge in [0, 0.05) is 13.1 Å². The Morgan fingerprint density at radius 3 is 2.44 bits per heavy atom. The first kappa shape index (κ1) is 15.1. The molecule has 0 bridgehead atoms. The van der Waals surface area contributed by atoms with Gasteiger partial charge in [-0.25, -0.2) is 4.79 Å². The first-order chi connectivity index (χ1) is 8.37. The summed E-state index contributed by atoms with van der Waals surface area (Å²) in [6.07, 6.45) is -1.96. The van der Waals surface area contributed by atoms with Crippen LogP contribution in [0.3, 0.4) is 0 Å². The summed E-state index contributed by atoms with van der Waals surface area (Å²) < 4.78 is 35.5. The number of nitrogens with zero attached hydrogens (tertiary/aromatic N) is 1. The zero-order chi connectivity index (χ0) is 13.6. The summed E-state index contributed by atoms with van der Waals surface area (Å²) in [5, 5.41) is 4.24. The predicted molar refractivity (Wildman–Crippen MR) is 62.3 cm³/mol. The first-order valence-electron chi connectivity index (χ1n) is 6.17. The highest BCUT2D eigenvalue weighted by molar-refractivity contribution is 5.73. The van der Waals surface area contributed by atoms with Crippen LogP contribution in [-0.4, -0.2) is 49.8 Å². The van der Waals surface area contributed by atoms with Crippen molar-refractivity contribution >= 4 is 6.03 Å². The maximum absolute atomic E-state index is 11.8. The quantitative estimate of drug-likeness (QED) is 0.794. The van der Waals surface area contributed by atoms with Gasteiger partial charge in [0.1, 0.15) is 6.54 Å². The number of hydrogen-bond acceptors (Lipinski definition) is 2. The monoisotopic (exact) mass is 267 g/mol. The third-order valence-electron chi connectivity index (χ3n) is 2.83. The maximum atomic E-state index is 11.8. The van der Waals surface area contributed by atoms with Crippen LogP contribution < -0.4 is 10.6 Å². The minimum absolute atomic E-state index is 0.236. The molecule has 106 valence electrons. The molecule has 1 saturated heterocycles. The molecule has 1 heterocycles. The molecule has 1 aliphatic rings. The van der Waals surface area contributed by atoms with Crippen molar-refractivity contribution in [1.29, 1.82) is 0 Å². The fourth-order valence-corrected chi connectivity index (χ4v) is 1.98. The Labute approximate surface area is 105 Å². The normalized spacial score (nSPS) is 18.7. The maximum Gasteiger partial charge on any atom is 0.405 e. The summed E-state index contributed by atoms with van der Waals surface area (Å²) in [4.78, 5) is 13.4. The minimum atomic E-state index is -4.36. The smallest absolute Gasteiger partial charge is 0.338 e. The number of rotatable bonds is 5. The second-order valence-corrected chi connectivity index (χ2v) is 4.79. The van der Waals surface area contributed by atoms with Crippen molar-refractivity contribution in [1.82, 2.24) is 15.5 Å². The van der Waals surface area contributed by atoms with Crippen molar-refractivity contribution in [2.75, 3.05) is 32.7 Å². The molecule has 2 amide bonds. The fraction of sp³-hybridized carbons (Fsp3) is 0.909. The van der Waals surface area contributed by atoms with E-state index in [2.05, 4.69) is 10.2 Å². The Bertz CT molecular complexity index is 265. The Morgan fingerprint density at radius 2 is 1.89 bits per heavy atom. The van der Waals surface area contributed by atoms with Crippen molar-refractivity contribution in [3.63, 3.8) is 0 Å². The molecule has 1 fully saturated rings. The number of nitrogens with one attached hydrogen (secondary N) is 2. The second kappa shape index (κ2) is 6.82. The van der Waals surface area contributed by atoms with Crippen LogP contribution in [0.5, 0.6) is 0 Å². The lowest BCUT2D eigenvalue weighted by atomic mass is 10.1. The molecule has 1 unspecified atom stereocenters. The lowest BCUT2D eigenvalue weighted by Crippen LogP contribution is -2.43. The van der Waals surface area contributed by atoms with Crippen molar-refractivity contribution < 1.29 is 18.0 Å². The average molecular weight is 267 g/mol. The van der Waals surface area contributed by atoms with E-state index >= 15 is 0 Å². The van der Waals surface area contributed by atoms with Gasteiger partial charge in [-0.05, 0) is 31.8 Å². The van der Waals surface area contributed by atoms with Gasteiger partial charge in [-0.15, -0.1) is 0 Å². The molecule has 1 atom stereocenters. The molecule has 1 rings (SSSR count). The van der Waals surface area contributed by atoms with Gasteiger partial charge < -0.3 is 15.5 Å². The average Bonchev–Trinajstić information content (AvgIpc) is 2.75. The van der Waals surface area contributed by atoms with Crippen molar-refractivity contribution in [3.05, 3.63) is 0 Å². The van der Waals surface area contributed by atoms with Crippen LogP contribution >= 0.6 is 0 Å². The van der Waals surface area contributed by atoms with Gasteiger partial charge in [-0.2, -0.15) is 13.2 Å². The lowest BCUT2D eigenvalue weighted by Gasteiger charge is -2.20. The van der Waals surface area contributed by atoms with E-state index < -0.39 is 18.8 Å². The lowest BCUT2D eigenvalue weighted by molar-refractivity contribution is -0.122. The predicted octanol–water partition coefficient (Wildman–Crippen LogP) is 1.58. The van der Waals surface area contributed by atoms with Crippen molar-refractivity contribution in [2.24, 2.45) is 5.92 Å². The summed E-state index contributed by atoms with van der Waals surface area (Å²) in [6.45, 7) is 4.09. The van der Waals surface area contributed by atoms with Crippen LogP contribution in [0.2, 0.25) is 0 Å². The highest BCUT2D eigenvalue weighted by Gasteiger charge is 2.27. The second-order valence-electron chi connectivity index (χ2n) is 4.79. The van der Waals surface area contributed by atoms with Crippen LogP contribution in [0.1, 0.15) is 19.8 Å². The molecule has 2 N–H and O–H groups in total. The molecular weight excluding hydrogens is 247 g/mol. The molecule has 4 nitrogen and oxygen atoms in total. The van der Waals surface area contributed by atoms with Crippen LogP contribution in [0.15, 0.2) is 0 Å². The zero-order valence-corrected chi connectivity index (χ0v) is 10.5. The Balaban J connectivity index is 2.09. The van der Waals surface area contributed by atoms with Crippen LogP contribution in [0, 0.1) is 5.92 Å². The van der Waals surface area contributed by atoms with E-state index in [4.69, 9.17) is 0 Å². The standard InChI is InChI=1S/C11H20F3N3O/c1-9(7-17-4-2-3-5-17)6-15-10(18)16-8-11(12,13)14/h9H,2-8H2,1H3,(H2,15,16,18). The van der Waals surface area contributed by atoms with E-state index in [-0.39, 0.29) is 5.92 Å².